The number of fused-ring (bicyclic) bond motifs is 2. The SMILES string of the molecule is CCc1ccc([C@H]2c3c(oc4ccc(F)cc4c3=O)C(=O)N2c2nc(C)c(C)s2)cc1. The number of hydrogen-bond donors (Lipinski definition) is 0. The van der Waals surface area contributed by atoms with Gasteiger partial charge in [0.25, 0.3) is 5.91 Å². The maximum absolute atomic E-state index is 13.9. The minimum Gasteiger partial charge on any atom is -0.450 e. The van der Waals surface area contributed by atoms with Crippen molar-refractivity contribution in [2.45, 2.75) is 33.2 Å². The Morgan fingerprint density at radius 1 is 1.13 bits per heavy atom. The zero-order valence-electron chi connectivity index (χ0n) is 17.2. The largest absolute Gasteiger partial charge is 0.450 e. The first-order chi connectivity index (χ1) is 14.9. The van der Waals surface area contributed by atoms with Gasteiger partial charge in [0.05, 0.1) is 22.7 Å². The van der Waals surface area contributed by atoms with Crippen LogP contribution in [-0.4, -0.2) is 10.9 Å². The highest BCUT2D eigenvalue weighted by atomic mass is 32.1. The Morgan fingerprint density at radius 2 is 1.87 bits per heavy atom. The molecule has 1 atom stereocenters. The first kappa shape index (κ1) is 19.6. The van der Waals surface area contributed by atoms with Crippen LogP contribution in [0.5, 0.6) is 0 Å². The number of aromatic nitrogens is 1. The average molecular weight is 434 g/mol. The Balaban J connectivity index is 1.80. The van der Waals surface area contributed by atoms with Gasteiger partial charge in [-0.2, -0.15) is 0 Å². The zero-order chi connectivity index (χ0) is 21.9. The molecule has 3 heterocycles. The summed E-state index contributed by atoms with van der Waals surface area (Å²) in [4.78, 5) is 34.0. The van der Waals surface area contributed by atoms with Crippen LogP contribution >= 0.6 is 11.3 Å². The van der Waals surface area contributed by atoms with Crippen LogP contribution in [0.1, 0.15) is 50.8 Å². The van der Waals surface area contributed by atoms with Crippen LogP contribution in [0.25, 0.3) is 11.0 Å². The van der Waals surface area contributed by atoms with E-state index in [1.807, 2.05) is 38.1 Å². The fourth-order valence-electron chi connectivity index (χ4n) is 3.95. The highest BCUT2D eigenvalue weighted by Gasteiger charge is 2.45. The van der Waals surface area contributed by atoms with Crippen LogP contribution in [0.4, 0.5) is 9.52 Å². The van der Waals surface area contributed by atoms with Crippen molar-refractivity contribution in [1.29, 1.82) is 0 Å². The maximum atomic E-state index is 13.9. The topological polar surface area (TPSA) is 63.4 Å². The smallest absolute Gasteiger partial charge is 0.297 e. The van der Waals surface area contributed by atoms with Gasteiger partial charge < -0.3 is 4.42 Å². The second-order valence-corrected chi connectivity index (χ2v) is 8.81. The Kier molecular flexibility index (Phi) is 4.51. The summed E-state index contributed by atoms with van der Waals surface area (Å²) in [7, 11) is 0. The van der Waals surface area contributed by atoms with Gasteiger partial charge in [0.2, 0.25) is 5.76 Å². The summed E-state index contributed by atoms with van der Waals surface area (Å²) in [5, 5.41) is 0.626. The van der Waals surface area contributed by atoms with Gasteiger partial charge >= 0.3 is 0 Å². The van der Waals surface area contributed by atoms with Gasteiger partial charge in [0, 0.05) is 4.88 Å². The lowest BCUT2D eigenvalue weighted by molar-refractivity contribution is 0.0971. The van der Waals surface area contributed by atoms with Crippen LogP contribution in [-0.2, 0) is 6.42 Å². The molecule has 0 bridgehead atoms. The lowest BCUT2D eigenvalue weighted by atomic mass is 9.97. The van der Waals surface area contributed by atoms with E-state index in [0.717, 1.165) is 34.2 Å². The molecule has 2 aromatic heterocycles. The summed E-state index contributed by atoms with van der Waals surface area (Å²) >= 11 is 1.39. The van der Waals surface area contributed by atoms with Gasteiger partial charge in [-0.1, -0.05) is 31.2 Å². The van der Waals surface area contributed by atoms with Crippen molar-refractivity contribution in [2.24, 2.45) is 0 Å². The molecule has 0 radical (unpaired) electrons. The van der Waals surface area contributed by atoms with E-state index in [9.17, 15) is 14.0 Å². The van der Waals surface area contributed by atoms with Crippen LogP contribution < -0.4 is 10.3 Å². The molecule has 2 aromatic carbocycles. The number of nitrogens with zero attached hydrogens (tertiary/aromatic N) is 2. The van der Waals surface area contributed by atoms with Gasteiger partial charge in [-0.3, -0.25) is 14.5 Å². The van der Waals surface area contributed by atoms with Crippen molar-refractivity contribution in [1.82, 2.24) is 4.98 Å². The number of anilines is 1. The van der Waals surface area contributed by atoms with E-state index >= 15 is 0 Å². The molecule has 0 N–H and O–H groups in total. The van der Waals surface area contributed by atoms with Crippen molar-refractivity contribution in [3.63, 3.8) is 0 Å². The third-order valence-corrected chi connectivity index (χ3v) is 6.83. The molecule has 0 saturated heterocycles. The molecule has 5 nitrogen and oxygen atoms in total. The molecule has 1 aliphatic heterocycles. The lowest BCUT2D eigenvalue weighted by Crippen LogP contribution is -2.29. The molecule has 0 spiro atoms. The van der Waals surface area contributed by atoms with Gasteiger partial charge in [-0.05, 0) is 49.6 Å². The molecular weight excluding hydrogens is 415 g/mol. The molecule has 7 heteroatoms. The minimum absolute atomic E-state index is 0.0146. The molecule has 156 valence electrons. The van der Waals surface area contributed by atoms with Crippen molar-refractivity contribution in [2.75, 3.05) is 4.90 Å². The number of aryl methyl sites for hydroxylation is 3. The van der Waals surface area contributed by atoms with Crippen molar-refractivity contribution < 1.29 is 13.6 Å². The van der Waals surface area contributed by atoms with Crippen LogP contribution in [0.3, 0.4) is 0 Å². The van der Waals surface area contributed by atoms with Crippen molar-refractivity contribution >= 4 is 33.3 Å². The Bertz CT molecular complexity index is 1390. The second-order valence-electron chi connectivity index (χ2n) is 7.63. The summed E-state index contributed by atoms with van der Waals surface area (Å²) in [5.41, 5.74) is 2.76. The number of hydrogen-bond acceptors (Lipinski definition) is 5. The number of rotatable bonds is 3. The summed E-state index contributed by atoms with van der Waals surface area (Å²) in [6.07, 6.45) is 0.876. The zero-order valence-corrected chi connectivity index (χ0v) is 18.0. The fraction of sp³-hybridized carbons (Fsp3) is 0.208. The van der Waals surface area contributed by atoms with E-state index in [2.05, 4.69) is 11.9 Å². The monoisotopic (exact) mass is 434 g/mol. The second kappa shape index (κ2) is 7.13. The molecule has 1 amide bonds. The number of carbonyl (C=O) groups excluding carboxylic acids is 1. The Labute approximate surface area is 181 Å². The predicted molar refractivity (Wildman–Crippen MR) is 119 cm³/mol. The summed E-state index contributed by atoms with van der Waals surface area (Å²) < 4.78 is 19.7. The normalized spacial score (nSPS) is 15.7. The molecule has 0 saturated carbocycles. The van der Waals surface area contributed by atoms with Crippen molar-refractivity contribution in [3.8, 4) is 0 Å². The van der Waals surface area contributed by atoms with E-state index in [-0.39, 0.29) is 22.3 Å². The predicted octanol–water partition coefficient (Wildman–Crippen LogP) is 5.32. The molecule has 4 aromatic rings. The van der Waals surface area contributed by atoms with Crippen LogP contribution in [0.15, 0.2) is 51.7 Å². The van der Waals surface area contributed by atoms with Gasteiger partial charge in [-0.25, -0.2) is 9.37 Å². The molecule has 0 fully saturated rings. The van der Waals surface area contributed by atoms with Gasteiger partial charge in [0.1, 0.15) is 11.4 Å². The number of thiazole rings is 1. The van der Waals surface area contributed by atoms with Crippen LogP contribution in [0, 0.1) is 19.7 Å². The third kappa shape index (κ3) is 2.99. The maximum Gasteiger partial charge on any atom is 0.297 e. The number of amides is 1. The summed E-state index contributed by atoms with van der Waals surface area (Å²) in [5.74, 6) is -0.966. The fourth-order valence-corrected chi connectivity index (χ4v) is 4.89. The average Bonchev–Trinajstić information content (AvgIpc) is 3.25. The first-order valence-electron chi connectivity index (χ1n) is 10.0. The van der Waals surface area contributed by atoms with E-state index in [1.165, 1.54) is 28.4 Å². The summed E-state index contributed by atoms with van der Waals surface area (Å²) in [6.45, 7) is 5.89. The summed E-state index contributed by atoms with van der Waals surface area (Å²) in [6, 6.07) is 10.9. The molecule has 0 unspecified atom stereocenters. The van der Waals surface area contributed by atoms with Gasteiger partial charge in [0.15, 0.2) is 10.6 Å². The number of benzene rings is 2. The first-order valence-corrected chi connectivity index (χ1v) is 10.8. The molecule has 31 heavy (non-hydrogen) atoms. The van der Waals surface area contributed by atoms with Gasteiger partial charge in [-0.15, -0.1) is 11.3 Å². The quantitative estimate of drug-likeness (QED) is 0.438. The molecule has 1 aliphatic rings. The van der Waals surface area contributed by atoms with E-state index in [1.54, 1.807) is 0 Å². The van der Waals surface area contributed by atoms with Crippen LogP contribution in [0.2, 0.25) is 0 Å². The van der Waals surface area contributed by atoms with E-state index in [0.29, 0.717) is 5.13 Å². The molecule has 0 aliphatic carbocycles. The minimum atomic E-state index is -0.692. The highest BCUT2D eigenvalue weighted by Crippen LogP contribution is 2.43. The third-order valence-electron chi connectivity index (χ3n) is 5.76. The number of halogens is 1. The Hall–Kier alpha value is -3.32. The molecule has 5 rings (SSSR count). The van der Waals surface area contributed by atoms with Crippen molar-refractivity contribution in [3.05, 3.63) is 91.5 Å². The lowest BCUT2D eigenvalue weighted by Gasteiger charge is -2.22. The molecular formula is C24H19FN2O3S. The highest BCUT2D eigenvalue weighted by molar-refractivity contribution is 7.15. The van der Waals surface area contributed by atoms with E-state index < -0.39 is 23.2 Å². The number of carbonyl (C=O) groups is 1. The van der Waals surface area contributed by atoms with E-state index in [4.69, 9.17) is 4.42 Å². The standard InChI is InChI=1S/C24H19FN2O3S/c1-4-14-5-7-15(8-6-14)20-19-21(28)17-11-16(25)9-10-18(17)30-22(19)23(29)27(20)24-26-12(2)13(3)31-24/h5-11,20H,4H2,1-3H3/t20-/m0/s1. The Morgan fingerprint density at radius 3 is 2.52 bits per heavy atom.